The van der Waals surface area contributed by atoms with Crippen LogP contribution in [0.2, 0.25) is 5.02 Å². The molecule has 0 fully saturated rings. The zero-order valence-corrected chi connectivity index (χ0v) is 8.47. The van der Waals surface area contributed by atoms with E-state index in [0.29, 0.717) is 18.1 Å². The minimum atomic E-state index is -0.213. The lowest BCUT2D eigenvalue weighted by atomic mass is 10.2. The van der Waals surface area contributed by atoms with Crippen molar-refractivity contribution in [2.45, 2.75) is 6.54 Å². The van der Waals surface area contributed by atoms with Crippen molar-refractivity contribution >= 4 is 17.6 Å². The Bertz CT molecular complexity index is 297. The molecule has 0 aliphatic carbocycles. The topological polar surface area (TPSA) is 41.1 Å². The van der Waals surface area contributed by atoms with E-state index in [1.165, 1.54) is 0 Å². The van der Waals surface area contributed by atoms with Crippen molar-refractivity contribution < 1.29 is 4.79 Å². The van der Waals surface area contributed by atoms with Crippen molar-refractivity contribution in [1.82, 2.24) is 10.6 Å². The SMILES string of the molecule is [CH2]CNC(=O)NCc1ccc(Cl)cc1. The molecule has 2 N–H and O–H groups in total. The number of amides is 2. The Morgan fingerprint density at radius 3 is 2.50 bits per heavy atom. The second-order valence-corrected chi connectivity index (χ2v) is 3.17. The monoisotopic (exact) mass is 211 g/mol. The number of urea groups is 1. The summed E-state index contributed by atoms with van der Waals surface area (Å²) in [7, 11) is 0. The fourth-order valence-corrected chi connectivity index (χ4v) is 1.09. The number of nitrogens with one attached hydrogen (secondary N) is 2. The molecule has 0 spiro atoms. The number of benzene rings is 1. The highest BCUT2D eigenvalue weighted by atomic mass is 35.5. The lowest BCUT2D eigenvalue weighted by molar-refractivity contribution is 0.241. The number of hydrogen-bond acceptors (Lipinski definition) is 1. The maximum atomic E-state index is 11.0. The quantitative estimate of drug-likeness (QED) is 0.789. The molecular weight excluding hydrogens is 200 g/mol. The summed E-state index contributed by atoms with van der Waals surface area (Å²) in [5.41, 5.74) is 1.01. The van der Waals surface area contributed by atoms with Gasteiger partial charge in [0.15, 0.2) is 0 Å². The van der Waals surface area contributed by atoms with Gasteiger partial charge in [-0.3, -0.25) is 0 Å². The molecule has 3 nitrogen and oxygen atoms in total. The third-order valence-electron chi connectivity index (χ3n) is 1.65. The molecule has 0 unspecified atom stereocenters. The standard InChI is InChI=1S/C10H12ClN2O/c1-2-12-10(14)13-7-8-3-5-9(11)6-4-8/h3-6H,1-2,7H2,(H2,12,13,14). The van der Waals surface area contributed by atoms with E-state index in [1.807, 2.05) is 12.1 Å². The first-order valence-electron chi connectivity index (χ1n) is 4.28. The molecule has 14 heavy (non-hydrogen) atoms. The van der Waals surface area contributed by atoms with Crippen molar-refractivity contribution in [3.05, 3.63) is 41.8 Å². The molecule has 1 rings (SSSR count). The second-order valence-electron chi connectivity index (χ2n) is 2.74. The molecule has 0 aliphatic heterocycles. The van der Waals surface area contributed by atoms with Crippen LogP contribution in [0.3, 0.4) is 0 Å². The van der Waals surface area contributed by atoms with Crippen LogP contribution in [-0.2, 0) is 6.54 Å². The van der Waals surface area contributed by atoms with Gasteiger partial charge in [0.2, 0.25) is 0 Å². The van der Waals surface area contributed by atoms with Gasteiger partial charge in [-0.2, -0.15) is 0 Å². The zero-order valence-electron chi connectivity index (χ0n) is 7.72. The maximum absolute atomic E-state index is 11.0. The van der Waals surface area contributed by atoms with Gasteiger partial charge in [0.05, 0.1) is 0 Å². The highest BCUT2D eigenvalue weighted by Crippen LogP contribution is 2.08. The molecule has 0 heterocycles. The van der Waals surface area contributed by atoms with Crippen LogP contribution >= 0.6 is 11.6 Å². The van der Waals surface area contributed by atoms with Crippen LogP contribution in [0.4, 0.5) is 4.79 Å². The molecular formula is C10H12ClN2O. The van der Waals surface area contributed by atoms with E-state index >= 15 is 0 Å². The summed E-state index contributed by atoms with van der Waals surface area (Å²) >= 11 is 5.72. The molecule has 2 amide bonds. The molecule has 1 aromatic rings. The normalized spacial score (nSPS) is 9.57. The number of halogens is 1. The van der Waals surface area contributed by atoms with E-state index in [0.717, 1.165) is 5.56 Å². The molecule has 0 saturated heterocycles. The van der Waals surface area contributed by atoms with E-state index < -0.39 is 0 Å². The van der Waals surface area contributed by atoms with Crippen molar-refractivity contribution in [2.24, 2.45) is 0 Å². The average Bonchev–Trinajstić information content (AvgIpc) is 2.17. The zero-order chi connectivity index (χ0) is 10.4. The molecule has 0 bridgehead atoms. The molecule has 0 aliphatic rings. The Morgan fingerprint density at radius 1 is 1.29 bits per heavy atom. The summed E-state index contributed by atoms with van der Waals surface area (Å²) in [5.74, 6) is 0. The van der Waals surface area contributed by atoms with Gasteiger partial charge in [-0.05, 0) is 24.6 Å². The number of rotatable bonds is 3. The van der Waals surface area contributed by atoms with Crippen molar-refractivity contribution in [2.75, 3.05) is 6.54 Å². The molecule has 0 saturated carbocycles. The fraction of sp³-hybridized carbons (Fsp3) is 0.200. The van der Waals surface area contributed by atoms with Crippen molar-refractivity contribution in [3.63, 3.8) is 0 Å². The third kappa shape index (κ3) is 3.66. The van der Waals surface area contributed by atoms with Gasteiger partial charge >= 0.3 is 6.03 Å². The van der Waals surface area contributed by atoms with Crippen molar-refractivity contribution in [1.29, 1.82) is 0 Å². The Hall–Kier alpha value is -1.22. The first kappa shape index (κ1) is 10.9. The summed E-state index contributed by atoms with van der Waals surface area (Å²) in [6.07, 6.45) is 0. The van der Waals surface area contributed by atoms with E-state index in [2.05, 4.69) is 17.6 Å². The first-order chi connectivity index (χ1) is 6.72. The molecule has 1 aromatic carbocycles. The van der Waals surface area contributed by atoms with E-state index in [4.69, 9.17) is 11.6 Å². The van der Waals surface area contributed by atoms with Crippen LogP contribution in [0.5, 0.6) is 0 Å². The van der Waals surface area contributed by atoms with E-state index in [1.54, 1.807) is 12.1 Å². The molecule has 0 aromatic heterocycles. The van der Waals surface area contributed by atoms with Crippen LogP contribution in [0.15, 0.2) is 24.3 Å². The van der Waals surface area contributed by atoms with Gasteiger partial charge in [0, 0.05) is 18.1 Å². The Balaban J connectivity index is 2.38. The lowest BCUT2D eigenvalue weighted by Crippen LogP contribution is -2.34. The number of carbonyl (C=O) groups excluding carboxylic acids is 1. The fourth-order valence-electron chi connectivity index (χ4n) is 0.961. The van der Waals surface area contributed by atoms with Crippen molar-refractivity contribution in [3.8, 4) is 0 Å². The molecule has 75 valence electrons. The van der Waals surface area contributed by atoms with Gasteiger partial charge in [-0.25, -0.2) is 4.79 Å². The predicted molar refractivity (Wildman–Crippen MR) is 57.0 cm³/mol. The maximum Gasteiger partial charge on any atom is 0.315 e. The molecule has 4 heteroatoms. The smallest absolute Gasteiger partial charge is 0.315 e. The van der Waals surface area contributed by atoms with Gasteiger partial charge in [-0.1, -0.05) is 23.7 Å². The largest absolute Gasteiger partial charge is 0.338 e. The van der Waals surface area contributed by atoms with Crippen LogP contribution in [-0.4, -0.2) is 12.6 Å². The van der Waals surface area contributed by atoms with E-state index in [-0.39, 0.29) is 6.03 Å². The van der Waals surface area contributed by atoms with Crippen LogP contribution < -0.4 is 10.6 Å². The van der Waals surface area contributed by atoms with Crippen LogP contribution in [0, 0.1) is 6.92 Å². The third-order valence-corrected chi connectivity index (χ3v) is 1.90. The Morgan fingerprint density at radius 2 is 1.93 bits per heavy atom. The average molecular weight is 212 g/mol. The highest BCUT2D eigenvalue weighted by Gasteiger charge is 1.97. The summed E-state index contributed by atoms with van der Waals surface area (Å²) < 4.78 is 0. The summed E-state index contributed by atoms with van der Waals surface area (Å²) in [4.78, 5) is 11.0. The van der Waals surface area contributed by atoms with Crippen LogP contribution in [0.1, 0.15) is 5.56 Å². The Labute approximate surface area is 88.5 Å². The lowest BCUT2D eigenvalue weighted by Gasteiger charge is -2.05. The van der Waals surface area contributed by atoms with E-state index in [9.17, 15) is 4.79 Å². The second kappa shape index (κ2) is 5.50. The summed E-state index contributed by atoms with van der Waals surface area (Å²) in [6, 6.07) is 7.10. The highest BCUT2D eigenvalue weighted by molar-refractivity contribution is 6.30. The van der Waals surface area contributed by atoms with Gasteiger partial charge in [-0.15, -0.1) is 0 Å². The first-order valence-corrected chi connectivity index (χ1v) is 4.65. The molecule has 1 radical (unpaired) electrons. The minimum Gasteiger partial charge on any atom is -0.338 e. The minimum absolute atomic E-state index is 0.213. The Kier molecular flexibility index (Phi) is 4.26. The predicted octanol–water partition coefficient (Wildman–Crippen LogP) is 1.97. The molecule has 0 atom stereocenters. The summed E-state index contributed by atoms with van der Waals surface area (Å²) in [6.45, 7) is 4.37. The van der Waals surface area contributed by atoms with Gasteiger partial charge in [0.25, 0.3) is 0 Å². The number of carbonyl (C=O) groups is 1. The van der Waals surface area contributed by atoms with Gasteiger partial charge in [0.1, 0.15) is 0 Å². The van der Waals surface area contributed by atoms with Gasteiger partial charge < -0.3 is 10.6 Å². The summed E-state index contributed by atoms with van der Waals surface area (Å²) in [5, 5.41) is 5.92. The van der Waals surface area contributed by atoms with Crippen LogP contribution in [0.25, 0.3) is 0 Å². The number of hydrogen-bond donors (Lipinski definition) is 2.